The first-order valence-corrected chi connectivity index (χ1v) is 5.75. The van der Waals surface area contributed by atoms with Crippen LogP contribution in [0.4, 0.5) is 0 Å². The van der Waals surface area contributed by atoms with Gasteiger partial charge < -0.3 is 4.79 Å². The Morgan fingerprint density at radius 3 is 3.00 bits per heavy atom. The predicted octanol–water partition coefficient (Wildman–Crippen LogP) is 3.31. The van der Waals surface area contributed by atoms with E-state index in [9.17, 15) is 4.79 Å². The van der Waals surface area contributed by atoms with Gasteiger partial charge in [0.05, 0.1) is 0 Å². The average Bonchev–Trinajstić information content (AvgIpc) is 2.17. The number of hydrogen-bond acceptors (Lipinski definition) is 1. The van der Waals surface area contributed by atoms with Gasteiger partial charge in [-0.15, -0.1) is 0 Å². The Morgan fingerprint density at radius 2 is 2.29 bits per heavy atom. The zero-order chi connectivity index (χ0) is 10.1. The fourth-order valence-corrected chi connectivity index (χ4v) is 2.56. The zero-order valence-electron chi connectivity index (χ0n) is 8.16. The highest BCUT2D eigenvalue weighted by Gasteiger charge is 2.25. The lowest BCUT2D eigenvalue weighted by Crippen LogP contribution is -2.19. The summed E-state index contributed by atoms with van der Waals surface area (Å²) in [6, 6.07) is 6.27. The molecule has 0 fully saturated rings. The summed E-state index contributed by atoms with van der Waals surface area (Å²) in [6.07, 6.45) is 3.32. The van der Waals surface area contributed by atoms with E-state index in [0.29, 0.717) is 5.92 Å². The van der Waals surface area contributed by atoms with Gasteiger partial charge in [0, 0.05) is 10.4 Å². The van der Waals surface area contributed by atoms with Crippen molar-refractivity contribution in [2.45, 2.75) is 25.7 Å². The Morgan fingerprint density at radius 1 is 1.50 bits per heavy atom. The molecular formula is C12H13BrO. The van der Waals surface area contributed by atoms with Crippen LogP contribution in [0.3, 0.4) is 0 Å². The van der Waals surface area contributed by atoms with Crippen LogP contribution in [-0.2, 0) is 11.2 Å². The minimum Gasteiger partial charge on any atom is -0.303 e. The Hall–Kier alpha value is -0.630. The number of halogens is 1. The number of fused-ring (bicyclic) bond motifs is 1. The fraction of sp³-hybridized carbons (Fsp3) is 0.417. The molecule has 0 N–H and O–H groups in total. The Labute approximate surface area is 92.6 Å². The quantitative estimate of drug-likeness (QED) is 0.702. The largest absolute Gasteiger partial charge is 0.303 e. The van der Waals surface area contributed by atoms with E-state index in [1.54, 1.807) is 0 Å². The molecule has 0 saturated carbocycles. The van der Waals surface area contributed by atoms with Crippen LogP contribution in [0.5, 0.6) is 0 Å². The third kappa shape index (κ3) is 1.63. The van der Waals surface area contributed by atoms with E-state index >= 15 is 0 Å². The average molecular weight is 253 g/mol. The smallest absolute Gasteiger partial charge is 0.127 e. The highest BCUT2D eigenvalue weighted by Crippen LogP contribution is 2.35. The van der Waals surface area contributed by atoms with Gasteiger partial charge in [-0.1, -0.05) is 28.9 Å². The van der Waals surface area contributed by atoms with Crippen molar-refractivity contribution >= 4 is 22.2 Å². The van der Waals surface area contributed by atoms with Gasteiger partial charge in [0.15, 0.2) is 0 Å². The van der Waals surface area contributed by atoms with Crippen molar-refractivity contribution in [1.29, 1.82) is 0 Å². The number of carbonyl (C=O) groups excluding carboxylic acids is 1. The molecule has 2 atom stereocenters. The van der Waals surface area contributed by atoms with Crippen molar-refractivity contribution in [3.63, 3.8) is 0 Å². The third-order valence-corrected chi connectivity index (χ3v) is 3.59. The van der Waals surface area contributed by atoms with E-state index in [1.807, 2.05) is 0 Å². The topological polar surface area (TPSA) is 17.1 Å². The minimum absolute atomic E-state index is 0.0937. The molecule has 2 heteroatoms. The maximum atomic E-state index is 11.0. The van der Waals surface area contributed by atoms with Crippen molar-refractivity contribution in [1.82, 2.24) is 0 Å². The van der Waals surface area contributed by atoms with Crippen LogP contribution in [0, 0.1) is 5.92 Å². The van der Waals surface area contributed by atoms with Gasteiger partial charge in [-0.05, 0) is 42.0 Å². The molecule has 1 aliphatic carbocycles. The van der Waals surface area contributed by atoms with E-state index in [0.717, 1.165) is 23.6 Å². The molecule has 0 bridgehead atoms. The molecule has 14 heavy (non-hydrogen) atoms. The van der Waals surface area contributed by atoms with Crippen LogP contribution in [0.2, 0.25) is 0 Å². The predicted molar refractivity (Wildman–Crippen MR) is 60.4 cm³/mol. The summed E-state index contributed by atoms with van der Waals surface area (Å²) >= 11 is 3.45. The fourth-order valence-electron chi connectivity index (χ4n) is 2.18. The molecule has 0 heterocycles. The van der Waals surface area contributed by atoms with E-state index in [2.05, 4.69) is 41.1 Å². The monoisotopic (exact) mass is 252 g/mol. The second-order valence-electron chi connectivity index (χ2n) is 4.02. The SMILES string of the molecule is CC1CCc2ccc(Br)cc2C1C=O. The van der Waals surface area contributed by atoms with Gasteiger partial charge in [-0.3, -0.25) is 0 Å². The molecule has 0 saturated heterocycles. The first kappa shape index (κ1) is 9.91. The van der Waals surface area contributed by atoms with Gasteiger partial charge in [-0.25, -0.2) is 0 Å². The molecule has 2 unspecified atom stereocenters. The van der Waals surface area contributed by atoms with Crippen LogP contribution < -0.4 is 0 Å². The number of hydrogen-bond donors (Lipinski definition) is 0. The summed E-state index contributed by atoms with van der Waals surface area (Å²) in [5.41, 5.74) is 2.55. The van der Waals surface area contributed by atoms with Crippen molar-refractivity contribution < 1.29 is 4.79 Å². The van der Waals surface area contributed by atoms with E-state index < -0.39 is 0 Å². The summed E-state index contributed by atoms with van der Waals surface area (Å²) in [5.74, 6) is 0.575. The molecule has 1 aliphatic rings. The van der Waals surface area contributed by atoms with Crippen molar-refractivity contribution in [2.75, 3.05) is 0 Å². The summed E-state index contributed by atoms with van der Waals surface area (Å²) in [4.78, 5) is 11.0. The maximum absolute atomic E-state index is 11.0. The summed E-state index contributed by atoms with van der Waals surface area (Å²) in [6.45, 7) is 2.16. The van der Waals surface area contributed by atoms with Gasteiger partial charge in [0.25, 0.3) is 0 Å². The number of rotatable bonds is 1. The number of carbonyl (C=O) groups is 1. The highest BCUT2D eigenvalue weighted by molar-refractivity contribution is 9.10. The molecule has 2 rings (SSSR count). The molecule has 1 aromatic carbocycles. The second-order valence-corrected chi connectivity index (χ2v) is 4.94. The Balaban J connectivity index is 2.48. The maximum Gasteiger partial charge on any atom is 0.127 e. The van der Waals surface area contributed by atoms with Crippen molar-refractivity contribution in [3.05, 3.63) is 33.8 Å². The number of aryl methyl sites for hydroxylation is 1. The van der Waals surface area contributed by atoms with Gasteiger partial charge in [-0.2, -0.15) is 0 Å². The van der Waals surface area contributed by atoms with Crippen LogP contribution >= 0.6 is 15.9 Å². The summed E-state index contributed by atoms with van der Waals surface area (Å²) < 4.78 is 1.07. The summed E-state index contributed by atoms with van der Waals surface area (Å²) in [5, 5.41) is 0. The second kappa shape index (κ2) is 3.85. The first-order chi connectivity index (χ1) is 6.72. The lowest BCUT2D eigenvalue weighted by Gasteiger charge is -2.27. The molecular weight excluding hydrogens is 240 g/mol. The lowest BCUT2D eigenvalue weighted by molar-refractivity contribution is -0.110. The van der Waals surface area contributed by atoms with Crippen LogP contribution in [0.25, 0.3) is 0 Å². The molecule has 0 aromatic heterocycles. The number of benzene rings is 1. The van der Waals surface area contributed by atoms with Crippen LogP contribution in [-0.4, -0.2) is 6.29 Å². The standard InChI is InChI=1S/C12H13BrO/c1-8-2-3-9-4-5-10(13)6-11(9)12(8)7-14/h4-8,12H,2-3H2,1H3. The molecule has 1 nitrogen and oxygen atoms in total. The van der Waals surface area contributed by atoms with Gasteiger partial charge in [0.2, 0.25) is 0 Å². The van der Waals surface area contributed by atoms with E-state index in [1.165, 1.54) is 11.1 Å². The first-order valence-electron chi connectivity index (χ1n) is 4.96. The lowest BCUT2D eigenvalue weighted by atomic mass is 9.77. The molecule has 0 radical (unpaired) electrons. The van der Waals surface area contributed by atoms with E-state index in [-0.39, 0.29) is 5.92 Å². The molecule has 74 valence electrons. The minimum atomic E-state index is 0.0937. The van der Waals surface area contributed by atoms with Crippen molar-refractivity contribution in [2.24, 2.45) is 5.92 Å². The normalized spacial score (nSPS) is 25.6. The molecule has 0 amide bonds. The number of aldehydes is 1. The zero-order valence-corrected chi connectivity index (χ0v) is 9.75. The molecule has 0 aliphatic heterocycles. The highest BCUT2D eigenvalue weighted by atomic mass is 79.9. The molecule has 1 aromatic rings. The third-order valence-electron chi connectivity index (χ3n) is 3.10. The van der Waals surface area contributed by atoms with Gasteiger partial charge >= 0.3 is 0 Å². The van der Waals surface area contributed by atoms with Crippen LogP contribution in [0.15, 0.2) is 22.7 Å². The Kier molecular flexibility index (Phi) is 2.73. The van der Waals surface area contributed by atoms with Crippen LogP contribution in [0.1, 0.15) is 30.4 Å². The van der Waals surface area contributed by atoms with Crippen molar-refractivity contribution in [3.8, 4) is 0 Å². The van der Waals surface area contributed by atoms with Gasteiger partial charge in [0.1, 0.15) is 6.29 Å². The Bertz CT molecular complexity index is 359. The van der Waals surface area contributed by atoms with E-state index in [4.69, 9.17) is 0 Å². The molecule has 0 spiro atoms. The summed E-state index contributed by atoms with van der Waals surface area (Å²) in [7, 11) is 0.